The van der Waals surface area contributed by atoms with Gasteiger partial charge in [0.2, 0.25) is 0 Å². The van der Waals surface area contributed by atoms with E-state index in [2.05, 4.69) is 90.8 Å². The number of anilines is 2. The molecule has 8 aliphatic heterocycles. The topological polar surface area (TPSA) is 35.9 Å². The second-order valence-electron chi connectivity index (χ2n) is 17.3. The SMILES string of the molecule is C[N+]12CC[C@@]34c5ccccc5N5/C=C6/[C@H]7C[C@H]8[C@@]9(CC[N+]8(C)C/C7=C/CO)c7ccccc7N([C@@H]7OCC=C(C1)[C@H](C[C@@H]32)[C@@H]7[C@H]54)[C@@H]69. The molecule has 10 aliphatic rings. The van der Waals surface area contributed by atoms with Gasteiger partial charge in [-0.3, -0.25) is 0 Å². The normalized spacial score (nSPS) is 51.0. The largest absolute Gasteiger partial charge is 0.392 e. The summed E-state index contributed by atoms with van der Waals surface area (Å²) in [5, 5.41) is 10.4. The molecule has 4 bridgehead atoms. The van der Waals surface area contributed by atoms with Crippen molar-refractivity contribution in [3.05, 3.63) is 94.7 Å². The Bertz CT molecular complexity index is 1850. The van der Waals surface area contributed by atoms with Crippen LogP contribution in [0, 0.1) is 17.8 Å². The summed E-state index contributed by atoms with van der Waals surface area (Å²) in [4.78, 5) is 5.75. The van der Waals surface area contributed by atoms with E-state index in [1.54, 1.807) is 22.3 Å². The molecule has 2 aromatic carbocycles. The van der Waals surface area contributed by atoms with E-state index in [1.165, 1.54) is 66.7 Å². The standard InChI is InChI=1S/C40H46N4O2/c1-43-15-13-39-30-8-4-6-10-32(30)42-36(39)28(26(19-33(39)43)24(22-43)11-17-45)21-41-31-9-5-3-7-29(31)40-14-16-44(2)23-25-12-18-46-38(42)35(37(40)41)27(25)20-34(40)44/h3-12,21,26-27,33-38,45H,13-20,22-23H2,1-2H3/q+2/b24-11-,28-21-/t26-,27-,33-,34-,35+,36-,37-,38+,39+,40+,43?,44?/m0/s1. The smallest absolute Gasteiger partial charge is 0.136 e. The van der Waals surface area contributed by atoms with Gasteiger partial charge in [0.25, 0.3) is 0 Å². The third kappa shape index (κ3) is 2.58. The third-order valence-electron chi connectivity index (χ3n) is 16.1. The molecular formula is C40H46N4O2+2. The van der Waals surface area contributed by atoms with Crippen molar-refractivity contribution in [2.45, 2.75) is 66.9 Å². The van der Waals surface area contributed by atoms with Crippen LogP contribution >= 0.6 is 0 Å². The van der Waals surface area contributed by atoms with E-state index in [-0.39, 0.29) is 29.7 Å². The zero-order chi connectivity index (χ0) is 30.4. The third-order valence-corrected chi connectivity index (χ3v) is 16.1. The first kappa shape index (κ1) is 26.1. The van der Waals surface area contributed by atoms with E-state index in [9.17, 15) is 5.11 Å². The molecule has 2 aliphatic carbocycles. The van der Waals surface area contributed by atoms with Gasteiger partial charge in [-0.05, 0) is 40.0 Å². The molecule has 6 nitrogen and oxygen atoms in total. The van der Waals surface area contributed by atoms with Crippen LogP contribution in [0.3, 0.4) is 0 Å². The van der Waals surface area contributed by atoms with Crippen LogP contribution in [0.15, 0.2) is 83.6 Å². The molecule has 236 valence electrons. The van der Waals surface area contributed by atoms with Gasteiger partial charge in [-0.25, -0.2) is 0 Å². The number of aliphatic hydroxyl groups excluding tert-OH is 1. The van der Waals surface area contributed by atoms with Crippen LogP contribution in [0.5, 0.6) is 0 Å². The maximum absolute atomic E-state index is 10.4. The van der Waals surface area contributed by atoms with Gasteiger partial charge in [0, 0.05) is 61.0 Å². The second-order valence-corrected chi connectivity index (χ2v) is 17.3. The predicted molar refractivity (Wildman–Crippen MR) is 178 cm³/mol. The highest BCUT2D eigenvalue weighted by Gasteiger charge is 2.77. The Hall–Kier alpha value is -2.90. The number of piperidine rings is 2. The summed E-state index contributed by atoms with van der Waals surface area (Å²) in [6, 6.07) is 21.0. The number of rotatable bonds is 1. The number of para-hydroxylation sites is 2. The number of nitrogens with zero attached hydrogens (tertiary/aromatic N) is 4. The molecule has 4 saturated heterocycles. The van der Waals surface area contributed by atoms with Gasteiger partial charge < -0.3 is 28.6 Å². The Morgan fingerprint density at radius 2 is 1.63 bits per heavy atom. The molecule has 2 saturated carbocycles. The van der Waals surface area contributed by atoms with Crippen LogP contribution in [0.2, 0.25) is 0 Å². The molecule has 0 radical (unpaired) electrons. The van der Waals surface area contributed by atoms with E-state index >= 15 is 0 Å². The molecule has 6 heteroatoms. The monoisotopic (exact) mass is 614 g/mol. The van der Waals surface area contributed by atoms with Crippen LogP contribution < -0.4 is 9.80 Å². The summed E-state index contributed by atoms with van der Waals surface area (Å²) >= 11 is 0. The second kappa shape index (κ2) is 8.03. The number of fused-ring (bicyclic) bond motifs is 7. The molecule has 2 spiro atoms. The Morgan fingerprint density at radius 3 is 2.46 bits per heavy atom. The quantitative estimate of drug-likeness (QED) is 0.380. The first-order chi connectivity index (χ1) is 22.4. The summed E-state index contributed by atoms with van der Waals surface area (Å²) in [6.45, 7) is 5.57. The molecule has 6 fully saturated rings. The molecule has 0 amide bonds. The molecule has 1 N–H and O–H groups in total. The Kier molecular flexibility index (Phi) is 4.56. The lowest BCUT2D eigenvalue weighted by Crippen LogP contribution is -2.73. The Balaban J connectivity index is 1.20. The van der Waals surface area contributed by atoms with Gasteiger partial charge in [0.1, 0.15) is 31.4 Å². The van der Waals surface area contributed by atoms with Crippen molar-refractivity contribution in [3.63, 3.8) is 0 Å². The molecular weight excluding hydrogens is 568 g/mol. The van der Waals surface area contributed by atoms with Crippen molar-refractivity contribution >= 4 is 11.4 Å². The van der Waals surface area contributed by atoms with Crippen molar-refractivity contribution in [1.82, 2.24) is 0 Å². The van der Waals surface area contributed by atoms with Crippen LogP contribution in [-0.2, 0) is 15.6 Å². The van der Waals surface area contributed by atoms with E-state index in [4.69, 9.17) is 4.74 Å². The van der Waals surface area contributed by atoms with Gasteiger partial charge in [0.05, 0.1) is 63.3 Å². The van der Waals surface area contributed by atoms with Gasteiger partial charge in [-0.1, -0.05) is 48.6 Å². The maximum atomic E-state index is 10.4. The number of ether oxygens (including phenoxy) is 1. The lowest BCUT2D eigenvalue weighted by molar-refractivity contribution is -0.925. The Morgan fingerprint density at radius 1 is 0.913 bits per heavy atom. The predicted octanol–water partition coefficient (Wildman–Crippen LogP) is 4.46. The van der Waals surface area contributed by atoms with Gasteiger partial charge in [-0.15, -0.1) is 0 Å². The van der Waals surface area contributed by atoms with Crippen LogP contribution in [-0.4, -0.2) is 98.0 Å². The first-order valence-corrected chi connectivity index (χ1v) is 18.2. The maximum Gasteiger partial charge on any atom is 0.136 e. The molecule has 2 unspecified atom stereocenters. The minimum Gasteiger partial charge on any atom is -0.392 e. The molecule has 46 heavy (non-hydrogen) atoms. The number of hydrogen-bond acceptors (Lipinski definition) is 4. The molecule has 8 heterocycles. The fourth-order valence-electron chi connectivity index (χ4n) is 14.8. The van der Waals surface area contributed by atoms with Gasteiger partial charge in [-0.2, -0.15) is 0 Å². The average molecular weight is 615 g/mol. The van der Waals surface area contributed by atoms with Crippen molar-refractivity contribution in [1.29, 1.82) is 0 Å². The number of quaternary nitrogens is 2. The number of benzene rings is 2. The number of hydrogen-bond donors (Lipinski definition) is 1. The molecule has 12 atom stereocenters. The van der Waals surface area contributed by atoms with Crippen molar-refractivity contribution in [3.8, 4) is 0 Å². The lowest BCUT2D eigenvalue weighted by Gasteiger charge is -2.62. The van der Waals surface area contributed by atoms with E-state index in [1.807, 2.05) is 0 Å². The van der Waals surface area contributed by atoms with Crippen LogP contribution in [0.4, 0.5) is 11.4 Å². The van der Waals surface area contributed by atoms with Crippen LogP contribution in [0.1, 0.15) is 36.8 Å². The van der Waals surface area contributed by atoms with E-state index < -0.39 is 0 Å². The zero-order valence-electron chi connectivity index (χ0n) is 27.2. The van der Waals surface area contributed by atoms with E-state index in [0.29, 0.717) is 35.9 Å². The molecule has 12 rings (SSSR count). The highest BCUT2D eigenvalue weighted by atomic mass is 16.5. The summed E-state index contributed by atoms with van der Waals surface area (Å²) in [6.07, 6.45) is 12.4. The zero-order valence-corrected chi connectivity index (χ0v) is 27.2. The highest BCUT2D eigenvalue weighted by Crippen LogP contribution is 2.70. The average Bonchev–Trinajstić information content (AvgIpc) is 3.70. The fourth-order valence-corrected chi connectivity index (χ4v) is 14.8. The summed E-state index contributed by atoms with van der Waals surface area (Å²) < 4.78 is 9.68. The van der Waals surface area contributed by atoms with Crippen molar-refractivity contribution < 1.29 is 18.8 Å². The number of aliphatic hydroxyl groups is 1. The Labute approximate surface area is 272 Å². The molecule has 2 aromatic rings. The lowest BCUT2D eigenvalue weighted by atomic mass is 9.53. The van der Waals surface area contributed by atoms with Gasteiger partial charge >= 0.3 is 0 Å². The van der Waals surface area contributed by atoms with Crippen molar-refractivity contribution in [2.75, 3.05) is 63.3 Å². The fraction of sp³-hybridized carbons (Fsp3) is 0.550. The highest BCUT2D eigenvalue weighted by molar-refractivity contribution is 5.74. The first-order valence-electron chi connectivity index (χ1n) is 18.2. The van der Waals surface area contributed by atoms with Crippen molar-refractivity contribution in [2.24, 2.45) is 17.8 Å². The minimum absolute atomic E-state index is 0.0357. The summed E-state index contributed by atoms with van der Waals surface area (Å²) in [5.74, 6) is 1.33. The van der Waals surface area contributed by atoms with Crippen LogP contribution in [0.25, 0.3) is 0 Å². The summed E-state index contributed by atoms with van der Waals surface area (Å²) in [7, 11) is 5.10. The summed E-state index contributed by atoms with van der Waals surface area (Å²) in [5.41, 5.74) is 11.1. The minimum atomic E-state index is 0.0357. The number of likely N-dealkylation sites (N-methyl/N-ethyl adjacent to an activating group) is 2. The molecule has 0 aromatic heterocycles. The van der Waals surface area contributed by atoms with E-state index in [0.717, 1.165) is 17.6 Å². The van der Waals surface area contributed by atoms with Gasteiger partial charge in [0.15, 0.2) is 0 Å².